The lowest BCUT2D eigenvalue weighted by molar-refractivity contribution is 0.0367. The van der Waals surface area contributed by atoms with E-state index in [4.69, 9.17) is 4.74 Å². The van der Waals surface area contributed by atoms with Crippen LogP contribution in [0, 0.1) is 5.92 Å². The van der Waals surface area contributed by atoms with Crippen LogP contribution < -0.4 is 5.32 Å². The van der Waals surface area contributed by atoms with Crippen molar-refractivity contribution in [1.29, 1.82) is 0 Å². The maximum atomic E-state index is 9.90. The average Bonchev–Trinajstić information content (AvgIpc) is 3.27. The highest BCUT2D eigenvalue weighted by Gasteiger charge is 2.21. The minimum atomic E-state index is -0.529. The van der Waals surface area contributed by atoms with Crippen molar-refractivity contribution in [1.82, 2.24) is 10.2 Å². The largest absolute Gasteiger partial charge is 0.389 e. The lowest BCUT2D eigenvalue weighted by Crippen LogP contribution is -2.40. The summed E-state index contributed by atoms with van der Waals surface area (Å²) in [4.78, 5) is 6.57. The predicted molar refractivity (Wildman–Crippen MR) is 103 cm³/mol. The normalized spacial score (nSPS) is 15.9. The average molecular weight is 425 g/mol. The zero-order chi connectivity index (χ0) is 15.5. The fourth-order valence-electron chi connectivity index (χ4n) is 1.95. The van der Waals surface area contributed by atoms with Gasteiger partial charge in [0.2, 0.25) is 0 Å². The van der Waals surface area contributed by atoms with Crippen LogP contribution in [0.2, 0.25) is 0 Å². The summed E-state index contributed by atoms with van der Waals surface area (Å²) in [7, 11) is 2.01. The Kier molecular flexibility index (Phi) is 12.9. The molecule has 6 heteroatoms. The fraction of sp³-hybridized carbons (Fsp3) is 0.812. The van der Waals surface area contributed by atoms with Gasteiger partial charge in [0.05, 0.1) is 19.3 Å². The monoisotopic (exact) mass is 425 g/mol. The number of unbranched alkanes of at least 4 members (excludes halogenated alkanes) is 1. The van der Waals surface area contributed by atoms with Gasteiger partial charge in [-0.1, -0.05) is 6.08 Å². The van der Waals surface area contributed by atoms with Crippen LogP contribution in [-0.4, -0.2) is 62.0 Å². The Balaban J connectivity index is 0.00000441. The van der Waals surface area contributed by atoms with Gasteiger partial charge in [0.25, 0.3) is 0 Å². The zero-order valence-corrected chi connectivity index (χ0v) is 16.3. The van der Waals surface area contributed by atoms with Crippen molar-refractivity contribution in [3.05, 3.63) is 12.7 Å². The van der Waals surface area contributed by atoms with E-state index >= 15 is 0 Å². The van der Waals surface area contributed by atoms with E-state index in [2.05, 4.69) is 21.8 Å². The van der Waals surface area contributed by atoms with Crippen LogP contribution in [0.25, 0.3) is 0 Å². The van der Waals surface area contributed by atoms with E-state index in [1.807, 2.05) is 20.0 Å². The van der Waals surface area contributed by atoms with Crippen LogP contribution in [0.1, 0.15) is 32.6 Å². The molecule has 1 aliphatic rings. The van der Waals surface area contributed by atoms with Crippen molar-refractivity contribution >= 4 is 29.9 Å². The summed E-state index contributed by atoms with van der Waals surface area (Å²) in [6.45, 7) is 9.05. The van der Waals surface area contributed by atoms with Gasteiger partial charge in [0, 0.05) is 26.7 Å². The summed E-state index contributed by atoms with van der Waals surface area (Å²) in [5.74, 6) is 1.57. The predicted octanol–water partition coefficient (Wildman–Crippen LogP) is 2.26. The summed E-state index contributed by atoms with van der Waals surface area (Å²) in [6, 6.07) is 0. The molecule has 5 nitrogen and oxygen atoms in total. The van der Waals surface area contributed by atoms with Gasteiger partial charge in [-0.15, -0.1) is 30.6 Å². The SMILES string of the molecule is C=CCCCN(C)C(=NCC(O)COCC1CC1)NCC.I. The Labute approximate surface area is 152 Å². The fourth-order valence-corrected chi connectivity index (χ4v) is 1.95. The molecule has 2 N–H and O–H groups in total. The number of halogens is 1. The number of hydrogen-bond acceptors (Lipinski definition) is 3. The number of guanidine groups is 1. The number of aliphatic imine (C=N–C) groups is 1. The van der Waals surface area contributed by atoms with E-state index < -0.39 is 6.10 Å². The molecule has 0 aromatic rings. The Morgan fingerprint density at radius 2 is 2.27 bits per heavy atom. The smallest absolute Gasteiger partial charge is 0.193 e. The van der Waals surface area contributed by atoms with Crippen LogP contribution in [0.3, 0.4) is 0 Å². The minimum absolute atomic E-state index is 0. The number of hydrogen-bond donors (Lipinski definition) is 2. The maximum absolute atomic E-state index is 9.90. The standard InChI is InChI=1S/C16H31N3O2.HI/c1-4-6-7-10-19(3)16(17-5-2)18-11-15(20)13-21-12-14-8-9-14;/h4,14-15,20H,1,5-13H2,2-3H3,(H,17,18);1H. The van der Waals surface area contributed by atoms with E-state index in [9.17, 15) is 5.11 Å². The molecule has 1 unspecified atom stereocenters. The van der Waals surface area contributed by atoms with Gasteiger partial charge in [-0.25, -0.2) is 0 Å². The van der Waals surface area contributed by atoms with Gasteiger partial charge in [0.1, 0.15) is 0 Å². The zero-order valence-electron chi connectivity index (χ0n) is 14.0. The van der Waals surface area contributed by atoms with E-state index in [1.165, 1.54) is 12.8 Å². The third-order valence-electron chi connectivity index (χ3n) is 3.41. The molecule has 0 aromatic carbocycles. The maximum Gasteiger partial charge on any atom is 0.193 e. The van der Waals surface area contributed by atoms with Crippen LogP contribution in [0.15, 0.2) is 17.6 Å². The number of allylic oxidation sites excluding steroid dienone is 1. The molecule has 0 aliphatic heterocycles. The highest BCUT2D eigenvalue weighted by molar-refractivity contribution is 14.0. The summed E-state index contributed by atoms with van der Waals surface area (Å²) in [6.07, 6.45) is 6.00. The second-order valence-electron chi connectivity index (χ2n) is 5.68. The highest BCUT2D eigenvalue weighted by atomic mass is 127. The van der Waals surface area contributed by atoms with Gasteiger partial charge in [0.15, 0.2) is 5.96 Å². The first kappa shape index (κ1) is 21.7. The van der Waals surface area contributed by atoms with Crippen molar-refractivity contribution < 1.29 is 9.84 Å². The summed E-state index contributed by atoms with van der Waals surface area (Å²) in [5, 5.41) is 13.2. The first-order valence-corrected chi connectivity index (χ1v) is 8.03. The number of nitrogens with zero attached hydrogens (tertiary/aromatic N) is 2. The second kappa shape index (κ2) is 13.1. The third-order valence-corrected chi connectivity index (χ3v) is 3.41. The van der Waals surface area contributed by atoms with Crippen molar-refractivity contribution in [2.45, 2.75) is 38.7 Å². The summed E-state index contributed by atoms with van der Waals surface area (Å²) < 4.78 is 5.49. The molecule has 0 radical (unpaired) electrons. The van der Waals surface area contributed by atoms with Gasteiger partial charge < -0.3 is 20.1 Å². The lowest BCUT2D eigenvalue weighted by atomic mass is 10.3. The third kappa shape index (κ3) is 10.4. The second-order valence-corrected chi connectivity index (χ2v) is 5.68. The number of nitrogens with one attached hydrogen (secondary N) is 1. The quantitative estimate of drug-likeness (QED) is 0.175. The van der Waals surface area contributed by atoms with Gasteiger partial charge in [-0.2, -0.15) is 0 Å². The van der Waals surface area contributed by atoms with Gasteiger partial charge in [-0.05, 0) is 38.5 Å². The summed E-state index contributed by atoms with van der Waals surface area (Å²) >= 11 is 0. The lowest BCUT2D eigenvalue weighted by Gasteiger charge is -2.22. The Morgan fingerprint density at radius 1 is 1.55 bits per heavy atom. The molecule has 0 aromatic heterocycles. The van der Waals surface area contributed by atoms with Crippen LogP contribution >= 0.6 is 24.0 Å². The molecule has 22 heavy (non-hydrogen) atoms. The molecule has 0 amide bonds. The number of ether oxygens (including phenoxy) is 1. The molecule has 0 saturated heterocycles. The molecule has 0 heterocycles. The highest BCUT2D eigenvalue weighted by Crippen LogP contribution is 2.28. The van der Waals surface area contributed by atoms with Crippen molar-refractivity contribution in [3.8, 4) is 0 Å². The Hall–Kier alpha value is -0.340. The van der Waals surface area contributed by atoms with Crippen molar-refractivity contribution in [3.63, 3.8) is 0 Å². The van der Waals surface area contributed by atoms with Crippen LogP contribution in [-0.2, 0) is 4.74 Å². The number of aliphatic hydroxyl groups is 1. The molecule has 1 aliphatic carbocycles. The molecule has 130 valence electrons. The minimum Gasteiger partial charge on any atom is -0.389 e. The van der Waals surface area contributed by atoms with Crippen molar-refractivity contribution in [2.24, 2.45) is 10.9 Å². The number of rotatable bonds is 11. The molecule has 1 atom stereocenters. The van der Waals surface area contributed by atoms with Gasteiger partial charge >= 0.3 is 0 Å². The van der Waals surface area contributed by atoms with Crippen molar-refractivity contribution in [2.75, 3.05) is 39.9 Å². The Bertz CT molecular complexity index is 323. The van der Waals surface area contributed by atoms with Gasteiger partial charge in [-0.3, -0.25) is 4.99 Å². The van der Waals surface area contributed by atoms with E-state index in [0.717, 1.165) is 44.4 Å². The molecule has 1 saturated carbocycles. The van der Waals surface area contributed by atoms with Crippen LogP contribution in [0.4, 0.5) is 0 Å². The van der Waals surface area contributed by atoms with E-state index in [0.29, 0.717) is 13.2 Å². The molecule has 1 rings (SSSR count). The number of aliphatic hydroxyl groups excluding tert-OH is 1. The molecular formula is C16H32IN3O2. The van der Waals surface area contributed by atoms with Crippen LogP contribution in [0.5, 0.6) is 0 Å². The first-order valence-electron chi connectivity index (χ1n) is 8.03. The molecule has 0 bridgehead atoms. The summed E-state index contributed by atoms with van der Waals surface area (Å²) in [5.41, 5.74) is 0. The van der Waals surface area contributed by atoms with E-state index in [-0.39, 0.29) is 24.0 Å². The van der Waals surface area contributed by atoms with E-state index in [1.54, 1.807) is 0 Å². The molecular weight excluding hydrogens is 393 g/mol. The molecule has 1 fully saturated rings. The molecule has 0 spiro atoms. The first-order chi connectivity index (χ1) is 10.2. The topological polar surface area (TPSA) is 57.1 Å². The Morgan fingerprint density at radius 3 is 2.86 bits per heavy atom.